The van der Waals surface area contributed by atoms with E-state index in [0.29, 0.717) is 11.7 Å². The van der Waals surface area contributed by atoms with E-state index < -0.39 is 0 Å². The lowest BCUT2D eigenvalue weighted by molar-refractivity contribution is -0.113. The quantitative estimate of drug-likeness (QED) is 0.394. The van der Waals surface area contributed by atoms with Crippen molar-refractivity contribution in [3.63, 3.8) is 0 Å². The van der Waals surface area contributed by atoms with Crippen molar-refractivity contribution in [1.82, 2.24) is 9.55 Å². The molecule has 1 aromatic carbocycles. The second-order valence-electron chi connectivity index (χ2n) is 8.25. The minimum atomic E-state index is -0.118. The van der Waals surface area contributed by atoms with Crippen molar-refractivity contribution in [3.8, 4) is 0 Å². The Morgan fingerprint density at radius 2 is 2.12 bits per heavy atom. The fourth-order valence-electron chi connectivity index (χ4n) is 4.07. The van der Waals surface area contributed by atoms with Crippen LogP contribution in [0.25, 0.3) is 10.2 Å². The molecule has 1 fully saturated rings. The lowest BCUT2D eigenvalue weighted by Gasteiger charge is -2.16. The van der Waals surface area contributed by atoms with Gasteiger partial charge in [-0.25, -0.2) is 4.98 Å². The van der Waals surface area contributed by atoms with E-state index >= 15 is 0 Å². The van der Waals surface area contributed by atoms with E-state index in [1.807, 2.05) is 39.0 Å². The molecule has 32 heavy (non-hydrogen) atoms. The van der Waals surface area contributed by atoms with Gasteiger partial charge in [0.25, 0.3) is 5.56 Å². The molecule has 4 rings (SSSR count). The molecule has 170 valence electrons. The Kier molecular flexibility index (Phi) is 7.02. The van der Waals surface area contributed by atoms with Crippen molar-refractivity contribution >= 4 is 44.9 Å². The van der Waals surface area contributed by atoms with Crippen LogP contribution in [0.4, 0.5) is 5.69 Å². The van der Waals surface area contributed by atoms with E-state index in [0.717, 1.165) is 57.8 Å². The number of carbonyl (C=O) groups is 1. The van der Waals surface area contributed by atoms with Crippen LogP contribution in [0.1, 0.15) is 41.3 Å². The summed E-state index contributed by atoms with van der Waals surface area (Å²) in [7, 11) is 0. The molecule has 0 spiro atoms. The normalized spacial score (nSPS) is 16.1. The van der Waals surface area contributed by atoms with Gasteiger partial charge in [-0.15, -0.1) is 11.3 Å². The molecule has 3 heterocycles. The highest BCUT2D eigenvalue weighted by atomic mass is 32.2. The minimum Gasteiger partial charge on any atom is -0.376 e. The SMILES string of the molecule is CCc1c(C)sc2nc(SCC(=O)Nc3ccc(C)c(C)c3)n(CC3CCCO3)c(=O)c12. The Hall–Kier alpha value is -2.16. The smallest absolute Gasteiger partial charge is 0.263 e. The Bertz CT molecular complexity index is 1210. The van der Waals surface area contributed by atoms with Crippen molar-refractivity contribution in [2.75, 3.05) is 17.7 Å². The molecule has 8 heteroatoms. The van der Waals surface area contributed by atoms with Crippen molar-refractivity contribution < 1.29 is 9.53 Å². The number of amides is 1. The van der Waals surface area contributed by atoms with E-state index in [9.17, 15) is 9.59 Å². The number of ether oxygens (including phenoxy) is 1. The number of carbonyl (C=O) groups excluding carboxylic acids is 1. The van der Waals surface area contributed by atoms with Crippen LogP contribution in [0.3, 0.4) is 0 Å². The first-order valence-electron chi connectivity index (χ1n) is 11.0. The van der Waals surface area contributed by atoms with Crippen LogP contribution < -0.4 is 10.9 Å². The lowest BCUT2D eigenvalue weighted by Crippen LogP contribution is -2.29. The van der Waals surface area contributed by atoms with Gasteiger partial charge < -0.3 is 10.1 Å². The van der Waals surface area contributed by atoms with Crippen molar-refractivity contribution in [2.24, 2.45) is 0 Å². The largest absolute Gasteiger partial charge is 0.376 e. The molecule has 1 aliphatic heterocycles. The second-order valence-corrected chi connectivity index (χ2v) is 10.4. The van der Waals surface area contributed by atoms with Crippen LogP contribution in [0.2, 0.25) is 0 Å². The molecule has 3 aromatic rings. The standard InChI is InChI=1S/C24H29N3O3S2/c1-5-19-16(4)32-22-21(19)23(29)27(12-18-7-6-10-30-18)24(26-22)31-13-20(28)25-17-9-8-14(2)15(3)11-17/h8-9,11,18H,5-7,10,12-13H2,1-4H3,(H,25,28). The predicted molar refractivity (Wildman–Crippen MR) is 132 cm³/mol. The second kappa shape index (κ2) is 9.77. The number of rotatable bonds is 7. The van der Waals surface area contributed by atoms with Gasteiger partial charge in [-0.2, -0.15) is 0 Å². The van der Waals surface area contributed by atoms with Crippen molar-refractivity contribution in [3.05, 3.63) is 50.1 Å². The zero-order valence-electron chi connectivity index (χ0n) is 19.0. The topological polar surface area (TPSA) is 73.2 Å². The maximum atomic E-state index is 13.5. The summed E-state index contributed by atoms with van der Waals surface area (Å²) in [6.45, 7) is 9.38. The fourth-order valence-corrected chi connectivity index (χ4v) is 6.03. The third-order valence-electron chi connectivity index (χ3n) is 5.96. The average Bonchev–Trinajstić information content (AvgIpc) is 3.38. The van der Waals surface area contributed by atoms with Crippen molar-refractivity contribution in [2.45, 2.75) is 64.8 Å². The molecule has 0 bridgehead atoms. The summed E-state index contributed by atoms with van der Waals surface area (Å²) < 4.78 is 7.51. The molecule has 1 saturated heterocycles. The molecular weight excluding hydrogens is 442 g/mol. The van der Waals surface area contributed by atoms with Gasteiger partial charge >= 0.3 is 0 Å². The molecule has 1 unspecified atom stereocenters. The van der Waals surface area contributed by atoms with E-state index in [-0.39, 0.29) is 23.3 Å². The van der Waals surface area contributed by atoms with Crippen LogP contribution in [0.15, 0.2) is 28.2 Å². The van der Waals surface area contributed by atoms with Crippen LogP contribution in [-0.2, 0) is 22.5 Å². The number of nitrogens with zero attached hydrogens (tertiary/aromatic N) is 2. The van der Waals surface area contributed by atoms with Gasteiger partial charge in [0.1, 0.15) is 4.83 Å². The van der Waals surface area contributed by atoms with Crippen molar-refractivity contribution in [1.29, 1.82) is 0 Å². The first-order valence-corrected chi connectivity index (χ1v) is 12.8. The van der Waals surface area contributed by atoms with Gasteiger partial charge in [-0.1, -0.05) is 24.8 Å². The summed E-state index contributed by atoms with van der Waals surface area (Å²) in [5.41, 5.74) is 4.15. The van der Waals surface area contributed by atoms with Crippen LogP contribution in [0, 0.1) is 20.8 Å². The number of nitrogens with one attached hydrogen (secondary N) is 1. The molecule has 0 radical (unpaired) electrons. The predicted octanol–water partition coefficient (Wildman–Crippen LogP) is 4.86. The highest BCUT2D eigenvalue weighted by Gasteiger charge is 2.23. The third kappa shape index (κ3) is 4.77. The number of thiophene rings is 1. The highest BCUT2D eigenvalue weighted by molar-refractivity contribution is 7.99. The number of hydrogen-bond donors (Lipinski definition) is 1. The van der Waals surface area contributed by atoms with E-state index in [1.165, 1.54) is 17.3 Å². The Labute approximate surface area is 196 Å². The number of hydrogen-bond acceptors (Lipinski definition) is 6. The van der Waals surface area contributed by atoms with Gasteiger partial charge in [0.05, 0.1) is 23.8 Å². The number of fused-ring (bicyclic) bond motifs is 1. The summed E-state index contributed by atoms with van der Waals surface area (Å²) in [4.78, 5) is 32.8. The van der Waals surface area contributed by atoms with Crippen LogP contribution in [-0.4, -0.2) is 33.9 Å². The molecule has 1 aliphatic rings. The summed E-state index contributed by atoms with van der Waals surface area (Å²) in [6.07, 6.45) is 2.76. The molecule has 0 saturated carbocycles. The zero-order valence-corrected chi connectivity index (χ0v) is 20.6. The van der Waals surface area contributed by atoms with Gasteiger partial charge in [0.2, 0.25) is 5.91 Å². The third-order valence-corrected chi connectivity index (χ3v) is 7.98. The number of aromatic nitrogens is 2. The Morgan fingerprint density at radius 1 is 1.31 bits per heavy atom. The summed E-state index contributed by atoms with van der Waals surface area (Å²) >= 11 is 2.86. The van der Waals surface area contributed by atoms with E-state index in [2.05, 4.69) is 12.2 Å². The monoisotopic (exact) mass is 471 g/mol. The van der Waals surface area contributed by atoms with Gasteiger partial charge in [-0.3, -0.25) is 14.2 Å². The Morgan fingerprint density at radius 3 is 2.81 bits per heavy atom. The van der Waals surface area contributed by atoms with Gasteiger partial charge in [-0.05, 0) is 68.9 Å². The highest BCUT2D eigenvalue weighted by Crippen LogP contribution is 2.30. The first kappa shape index (κ1) is 23.0. The number of benzene rings is 1. The summed E-state index contributed by atoms with van der Waals surface area (Å²) in [5, 5.41) is 4.25. The average molecular weight is 472 g/mol. The maximum absolute atomic E-state index is 13.5. The first-order chi connectivity index (χ1) is 15.4. The summed E-state index contributed by atoms with van der Waals surface area (Å²) in [5.74, 6) is 0.0642. The Balaban J connectivity index is 1.60. The van der Waals surface area contributed by atoms with Crippen LogP contribution in [0.5, 0.6) is 0 Å². The number of aryl methyl sites for hydroxylation is 4. The number of thioether (sulfide) groups is 1. The molecule has 0 aliphatic carbocycles. The fraction of sp³-hybridized carbons (Fsp3) is 0.458. The molecule has 6 nitrogen and oxygen atoms in total. The van der Waals surface area contributed by atoms with Crippen LogP contribution >= 0.6 is 23.1 Å². The molecule has 1 amide bonds. The number of anilines is 1. The molecule has 1 atom stereocenters. The lowest BCUT2D eigenvalue weighted by atomic mass is 10.1. The van der Waals surface area contributed by atoms with E-state index in [1.54, 1.807) is 15.9 Å². The van der Waals surface area contributed by atoms with E-state index in [4.69, 9.17) is 9.72 Å². The molecule has 1 N–H and O–H groups in total. The maximum Gasteiger partial charge on any atom is 0.263 e. The van der Waals surface area contributed by atoms with Gasteiger partial charge in [0, 0.05) is 17.2 Å². The minimum absolute atomic E-state index is 0.0143. The zero-order chi connectivity index (χ0) is 22.8. The molecule has 2 aromatic heterocycles. The van der Waals surface area contributed by atoms with Gasteiger partial charge in [0.15, 0.2) is 5.16 Å². The molecular formula is C24H29N3O3S2. The summed E-state index contributed by atoms with van der Waals surface area (Å²) in [6, 6.07) is 5.87.